The number of amides is 1. The predicted octanol–water partition coefficient (Wildman–Crippen LogP) is 9.35. The Morgan fingerprint density at radius 2 is 1.34 bits per heavy atom. The molecule has 1 aliphatic heterocycles. The molecule has 1 aliphatic rings. The SMILES string of the molecule is C=C(C)C.C=C=CCCNC=O.CCCC.CCCC.CCCC.CN1Cc2ccccc2/C(N)=C(/NN)c2ccccc21. The van der Waals surface area contributed by atoms with E-state index in [2.05, 4.69) is 95.3 Å². The molecule has 6 nitrogen and oxygen atoms in total. The van der Waals surface area contributed by atoms with Crippen LogP contribution in [0.3, 0.4) is 0 Å². The maximum Gasteiger partial charge on any atom is 0.207 e. The molecule has 0 saturated carbocycles. The van der Waals surface area contributed by atoms with Gasteiger partial charge in [0.1, 0.15) is 0 Å². The normalized spacial score (nSPS) is 12.0. The number of hydrogen-bond acceptors (Lipinski definition) is 5. The first-order chi connectivity index (χ1) is 21.1. The smallest absolute Gasteiger partial charge is 0.207 e. The number of rotatable bonds is 8. The molecule has 44 heavy (non-hydrogen) atoms. The van der Waals surface area contributed by atoms with Crippen LogP contribution in [0.25, 0.3) is 11.4 Å². The van der Waals surface area contributed by atoms with Gasteiger partial charge in [-0.25, -0.2) is 0 Å². The van der Waals surface area contributed by atoms with Crippen LogP contribution in [0.4, 0.5) is 5.69 Å². The summed E-state index contributed by atoms with van der Waals surface area (Å²) in [5.74, 6) is 5.73. The maximum atomic E-state index is 9.61. The number of carbonyl (C=O) groups is 1. The third kappa shape index (κ3) is 22.8. The standard InChI is InChI=1S/C16H18N4.C6H9NO.C4H8.3C4H10/c1-20-10-11-6-2-3-7-12(11)15(17)16(19-18)13-8-4-5-9-14(13)20;1-2-3-4-5-7-6-8;1-4(2)3;3*1-3-4-2/h2-9,19H,10,17-18H2,1H3;3,6H,1,4-5H2,(H,7,8);1H2,2-3H3;3*3-4H2,1-2H3/b16-15-;;;;;. The number of para-hydroxylation sites is 1. The Hall–Kier alpha value is -3.73. The van der Waals surface area contributed by atoms with Crippen LogP contribution in [-0.2, 0) is 11.3 Å². The first-order valence-corrected chi connectivity index (χ1v) is 16.1. The summed E-state index contributed by atoms with van der Waals surface area (Å²) in [4.78, 5) is 11.8. The largest absolute Gasteiger partial charge is 0.396 e. The minimum atomic E-state index is 0.673. The van der Waals surface area contributed by atoms with Crippen molar-refractivity contribution in [1.82, 2.24) is 10.7 Å². The van der Waals surface area contributed by atoms with Gasteiger partial charge < -0.3 is 21.4 Å². The van der Waals surface area contributed by atoms with Gasteiger partial charge in [-0.05, 0) is 38.0 Å². The molecule has 0 radical (unpaired) electrons. The van der Waals surface area contributed by atoms with Crippen molar-refractivity contribution in [1.29, 1.82) is 0 Å². The van der Waals surface area contributed by atoms with Crippen molar-refractivity contribution in [2.45, 2.75) is 107 Å². The molecule has 1 heterocycles. The highest BCUT2D eigenvalue weighted by Crippen LogP contribution is 2.33. The molecule has 2 aromatic carbocycles. The topological polar surface area (TPSA) is 96.4 Å². The molecule has 0 unspecified atom stereocenters. The number of carbonyl (C=O) groups excluding carboxylic acids is 1. The number of nitrogens with zero attached hydrogens (tertiary/aromatic N) is 1. The molecule has 6 N–H and O–H groups in total. The first-order valence-electron chi connectivity index (χ1n) is 16.1. The van der Waals surface area contributed by atoms with E-state index in [0.717, 1.165) is 35.5 Å². The van der Waals surface area contributed by atoms with Crippen molar-refractivity contribution in [3.63, 3.8) is 0 Å². The molecule has 6 heteroatoms. The lowest BCUT2D eigenvalue weighted by Crippen LogP contribution is -2.28. The first kappa shape index (κ1) is 44.7. The summed E-state index contributed by atoms with van der Waals surface area (Å²) < 4.78 is 0. The summed E-state index contributed by atoms with van der Waals surface area (Å²) >= 11 is 0. The van der Waals surface area contributed by atoms with Gasteiger partial charge in [-0.15, -0.1) is 12.3 Å². The number of allylic oxidation sites excluding steroid dienone is 1. The van der Waals surface area contributed by atoms with Crippen molar-refractivity contribution in [2.24, 2.45) is 11.6 Å². The second-order valence-electron chi connectivity index (χ2n) is 10.4. The van der Waals surface area contributed by atoms with E-state index in [9.17, 15) is 4.79 Å². The molecule has 3 rings (SSSR count). The number of nitrogens with one attached hydrogen (secondary N) is 2. The van der Waals surface area contributed by atoms with E-state index >= 15 is 0 Å². The van der Waals surface area contributed by atoms with Crippen molar-refractivity contribution in [3.05, 3.63) is 95.8 Å². The number of unbranched alkanes of at least 4 members (excludes halogenated alkanes) is 3. The molecule has 0 aromatic heterocycles. The Morgan fingerprint density at radius 1 is 0.886 bits per heavy atom. The van der Waals surface area contributed by atoms with Crippen molar-refractivity contribution in [2.75, 3.05) is 18.5 Å². The second kappa shape index (κ2) is 32.2. The number of fused-ring (bicyclic) bond motifs is 2. The van der Waals surface area contributed by atoms with Crippen LogP contribution >= 0.6 is 0 Å². The van der Waals surface area contributed by atoms with Crippen molar-refractivity contribution >= 4 is 23.5 Å². The van der Waals surface area contributed by atoms with E-state index in [1.807, 2.05) is 50.2 Å². The molecule has 0 aliphatic carbocycles. The fourth-order valence-corrected chi connectivity index (χ4v) is 3.03. The molecule has 0 atom stereocenters. The van der Waals surface area contributed by atoms with Gasteiger partial charge in [0.15, 0.2) is 0 Å². The number of anilines is 1. The highest BCUT2D eigenvalue weighted by molar-refractivity contribution is 5.93. The molecular weight excluding hydrogens is 542 g/mol. The van der Waals surface area contributed by atoms with Gasteiger partial charge in [0.25, 0.3) is 0 Å². The molecule has 0 spiro atoms. The van der Waals surface area contributed by atoms with Crippen LogP contribution in [0.1, 0.15) is 117 Å². The van der Waals surface area contributed by atoms with Gasteiger partial charge in [0, 0.05) is 37.0 Å². The van der Waals surface area contributed by atoms with E-state index in [4.69, 9.17) is 11.6 Å². The van der Waals surface area contributed by atoms with Crippen LogP contribution in [0, 0.1) is 0 Å². The fraction of sp³-hybridized carbons (Fsp3) is 0.474. The molecule has 1 amide bonds. The van der Waals surface area contributed by atoms with Crippen molar-refractivity contribution < 1.29 is 4.79 Å². The Morgan fingerprint density at radius 3 is 1.77 bits per heavy atom. The van der Waals surface area contributed by atoms with E-state index in [1.54, 1.807) is 6.08 Å². The average molecular weight is 608 g/mol. The summed E-state index contributed by atoms with van der Waals surface area (Å²) in [6, 6.07) is 16.3. The highest BCUT2D eigenvalue weighted by atomic mass is 16.1. The quantitative estimate of drug-likeness (QED) is 0.0599. The minimum absolute atomic E-state index is 0.673. The summed E-state index contributed by atoms with van der Waals surface area (Å²) in [7, 11) is 2.07. The molecule has 0 bridgehead atoms. The molecule has 0 saturated heterocycles. The monoisotopic (exact) mass is 608 g/mol. The molecular formula is C38H65N5O. The minimum Gasteiger partial charge on any atom is -0.396 e. The van der Waals surface area contributed by atoms with Crippen LogP contribution in [0.5, 0.6) is 0 Å². The molecule has 2 aromatic rings. The zero-order chi connectivity index (χ0) is 34.2. The number of benzene rings is 2. The maximum absolute atomic E-state index is 9.61. The Bertz CT molecular complexity index is 1050. The number of nitrogens with two attached hydrogens (primary N) is 2. The third-order valence-corrected chi connectivity index (χ3v) is 5.87. The summed E-state index contributed by atoms with van der Waals surface area (Å²) in [5.41, 5.74) is 18.7. The van der Waals surface area contributed by atoms with Crippen LogP contribution in [0.2, 0.25) is 0 Å². The fourth-order valence-electron chi connectivity index (χ4n) is 3.03. The van der Waals surface area contributed by atoms with E-state index in [-0.39, 0.29) is 0 Å². The lowest BCUT2D eigenvalue weighted by atomic mass is 9.97. The van der Waals surface area contributed by atoms with Crippen molar-refractivity contribution in [3.8, 4) is 0 Å². The zero-order valence-corrected chi connectivity index (χ0v) is 29.6. The number of hydrazine groups is 1. The Balaban J connectivity index is -0.000000579. The van der Waals surface area contributed by atoms with Crippen LogP contribution in [-0.4, -0.2) is 20.0 Å². The van der Waals surface area contributed by atoms with Crippen LogP contribution < -0.4 is 27.2 Å². The summed E-state index contributed by atoms with van der Waals surface area (Å²) in [6.07, 6.45) is 11.2. The Labute approximate surface area is 271 Å². The van der Waals surface area contributed by atoms with E-state index < -0.39 is 0 Å². The van der Waals surface area contributed by atoms with E-state index in [1.165, 1.54) is 49.7 Å². The van der Waals surface area contributed by atoms with Gasteiger partial charge in [0.2, 0.25) is 6.41 Å². The second-order valence-corrected chi connectivity index (χ2v) is 10.4. The van der Waals surface area contributed by atoms with Gasteiger partial charge in [-0.1, -0.05) is 135 Å². The van der Waals surface area contributed by atoms with Gasteiger partial charge in [0.05, 0.1) is 11.4 Å². The lowest BCUT2D eigenvalue weighted by Gasteiger charge is -2.28. The van der Waals surface area contributed by atoms with Crippen LogP contribution in [0.15, 0.2) is 79.1 Å². The third-order valence-electron chi connectivity index (χ3n) is 5.87. The Kier molecular flexibility index (Phi) is 32.7. The predicted molar refractivity (Wildman–Crippen MR) is 198 cm³/mol. The highest BCUT2D eigenvalue weighted by Gasteiger charge is 2.19. The average Bonchev–Trinajstić information content (AvgIpc) is 3.03. The molecule has 248 valence electrons. The lowest BCUT2D eigenvalue weighted by molar-refractivity contribution is -0.109. The molecule has 0 fully saturated rings. The van der Waals surface area contributed by atoms with Gasteiger partial charge in [-0.3, -0.25) is 10.6 Å². The summed E-state index contributed by atoms with van der Waals surface area (Å²) in [6.45, 7) is 25.4. The van der Waals surface area contributed by atoms with Gasteiger partial charge >= 0.3 is 0 Å². The zero-order valence-electron chi connectivity index (χ0n) is 29.6. The van der Waals surface area contributed by atoms with E-state index in [0.29, 0.717) is 18.7 Å². The number of hydrogen-bond donors (Lipinski definition) is 4. The summed E-state index contributed by atoms with van der Waals surface area (Å²) in [5, 5.41) is 2.50. The van der Waals surface area contributed by atoms with Gasteiger partial charge in [-0.2, -0.15) is 0 Å².